The zero-order chi connectivity index (χ0) is 27.1. The van der Waals surface area contributed by atoms with Crippen LogP contribution >= 0.6 is 35.4 Å². The Bertz CT molecular complexity index is 1910. The van der Waals surface area contributed by atoms with Gasteiger partial charge in [0.25, 0.3) is 5.91 Å². The fourth-order valence-electron chi connectivity index (χ4n) is 4.30. The first-order valence-electron chi connectivity index (χ1n) is 11.9. The van der Waals surface area contributed by atoms with Crippen LogP contribution in [0.3, 0.4) is 0 Å². The summed E-state index contributed by atoms with van der Waals surface area (Å²) in [5, 5.41) is 18.3. The Hall–Kier alpha value is -4.24. The van der Waals surface area contributed by atoms with E-state index in [1.807, 2.05) is 49.4 Å². The molecule has 10 heteroatoms. The Balaban J connectivity index is 1.20. The summed E-state index contributed by atoms with van der Waals surface area (Å²) >= 11 is 17.7. The van der Waals surface area contributed by atoms with Gasteiger partial charge >= 0.3 is 0 Å². The van der Waals surface area contributed by atoms with Crippen molar-refractivity contribution in [2.45, 2.75) is 6.92 Å². The Morgan fingerprint density at radius 1 is 0.923 bits per heavy atom. The van der Waals surface area contributed by atoms with E-state index in [4.69, 9.17) is 44.9 Å². The lowest BCUT2D eigenvalue weighted by Gasteiger charge is -2.11. The lowest BCUT2D eigenvalue weighted by Crippen LogP contribution is -2.34. The van der Waals surface area contributed by atoms with Crippen LogP contribution in [0.15, 0.2) is 89.3 Å². The zero-order valence-electron chi connectivity index (χ0n) is 20.4. The number of halogens is 2. The highest BCUT2D eigenvalue weighted by atomic mass is 35.5. The van der Waals surface area contributed by atoms with Crippen LogP contribution in [0.5, 0.6) is 0 Å². The van der Waals surface area contributed by atoms with Gasteiger partial charge in [0.2, 0.25) is 0 Å². The van der Waals surface area contributed by atoms with Crippen molar-refractivity contribution in [2.24, 2.45) is 0 Å². The first-order valence-corrected chi connectivity index (χ1v) is 13.1. The number of carbonyl (C=O) groups is 1. The topological polar surface area (TPSA) is 85.0 Å². The molecule has 0 radical (unpaired) electrons. The third-order valence-electron chi connectivity index (χ3n) is 6.21. The van der Waals surface area contributed by atoms with Crippen molar-refractivity contribution in [1.29, 1.82) is 0 Å². The molecule has 192 valence electrons. The van der Waals surface area contributed by atoms with Crippen molar-refractivity contribution in [2.75, 3.05) is 5.32 Å². The van der Waals surface area contributed by atoms with Crippen LogP contribution in [0.1, 0.15) is 16.1 Å². The van der Waals surface area contributed by atoms with Gasteiger partial charge in [-0.3, -0.25) is 10.1 Å². The number of nitrogens with one attached hydrogen (secondary N) is 2. The van der Waals surface area contributed by atoms with Gasteiger partial charge < -0.3 is 9.73 Å². The van der Waals surface area contributed by atoms with E-state index in [1.54, 1.807) is 35.1 Å². The van der Waals surface area contributed by atoms with E-state index in [1.165, 1.54) is 0 Å². The number of hydrogen-bond acceptors (Lipinski definition) is 5. The third-order valence-corrected chi connectivity index (χ3v) is 6.98. The Morgan fingerprint density at radius 2 is 1.69 bits per heavy atom. The van der Waals surface area contributed by atoms with Crippen molar-refractivity contribution in [3.63, 3.8) is 0 Å². The van der Waals surface area contributed by atoms with Gasteiger partial charge in [0.1, 0.15) is 16.8 Å². The Labute approximate surface area is 238 Å². The normalized spacial score (nSPS) is 11.2. The average Bonchev–Trinajstić information content (AvgIpc) is 3.57. The van der Waals surface area contributed by atoms with Crippen molar-refractivity contribution in [3.05, 3.63) is 106 Å². The Kier molecular flexibility index (Phi) is 6.52. The highest BCUT2D eigenvalue weighted by Gasteiger charge is 2.17. The summed E-state index contributed by atoms with van der Waals surface area (Å²) in [5.74, 6) is -0.00460. The molecule has 0 aliphatic rings. The van der Waals surface area contributed by atoms with Gasteiger partial charge in [0.05, 0.1) is 10.7 Å². The van der Waals surface area contributed by atoms with E-state index in [0.29, 0.717) is 32.6 Å². The monoisotopic (exact) mass is 571 g/mol. The van der Waals surface area contributed by atoms with Crippen LogP contribution in [0.25, 0.3) is 38.8 Å². The van der Waals surface area contributed by atoms with Crippen LogP contribution in [0, 0.1) is 6.92 Å². The highest BCUT2D eigenvalue weighted by Crippen LogP contribution is 2.32. The molecule has 7 nitrogen and oxygen atoms in total. The van der Waals surface area contributed by atoms with Crippen molar-refractivity contribution in [1.82, 2.24) is 20.3 Å². The van der Waals surface area contributed by atoms with Crippen LogP contribution < -0.4 is 10.6 Å². The number of aryl methyl sites for hydroxylation is 1. The lowest BCUT2D eigenvalue weighted by atomic mass is 10.1. The number of nitrogens with zero attached hydrogens (tertiary/aromatic N) is 3. The van der Waals surface area contributed by atoms with E-state index >= 15 is 0 Å². The van der Waals surface area contributed by atoms with Crippen LogP contribution in [0.2, 0.25) is 10.0 Å². The molecule has 0 spiro atoms. The molecule has 0 saturated carbocycles. The number of furan rings is 1. The molecule has 2 heterocycles. The number of hydrogen-bond donors (Lipinski definition) is 2. The maximum Gasteiger partial charge on any atom is 0.293 e. The summed E-state index contributed by atoms with van der Waals surface area (Å²) in [4.78, 5) is 14.4. The molecule has 2 aromatic heterocycles. The van der Waals surface area contributed by atoms with Gasteiger partial charge in [0.15, 0.2) is 10.9 Å². The molecule has 0 aliphatic heterocycles. The fraction of sp³-hybridized carbons (Fsp3) is 0.0345. The van der Waals surface area contributed by atoms with E-state index in [2.05, 4.69) is 27.9 Å². The summed E-state index contributed by atoms with van der Waals surface area (Å²) in [5.41, 5.74) is 4.48. The third kappa shape index (κ3) is 4.97. The minimum atomic E-state index is -0.502. The predicted molar refractivity (Wildman–Crippen MR) is 159 cm³/mol. The number of anilines is 1. The SMILES string of the molecule is Cc1cc2nn(-c3cccc4ccccc34)nc2cc1NC(=S)NC(=O)c1ccc(-c2cc(Cl)ccc2Cl)o1. The number of amides is 1. The molecule has 0 saturated heterocycles. The zero-order valence-corrected chi connectivity index (χ0v) is 22.7. The van der Waals surface area contributed by atoms with E-state index < -0.39 is 5.91 Å². The fourth-order valence-corrected chi connectivity index (χ4v) is 4.89. The maximum atomic E-state index is 12.8. The summed E-state index contributed by atoms with van der Waals surface area (Å²) < 4.78 is 5.71. The maximum absolute atomic E-state index is 12.8. The average molecular weight is 572 g/mol. The molecule has 2 N–H and O–H groups in total. The molecule has 0 atom stereocenters. The van der Waals surface area contributed by atoms with Crippen LogP contribution in [-0.2, 0) is 0 Å². The van der Waals surface area contributed by atoms with Crippen molar-refractivity contribution in [3.8, 4) is 17.0 Å². The van der Waals surface area contributed by atoms with Crippen LogP contribution in [-0.4, -0.2) is 26.0 Å². The van der Waals surface area contributed by atoms with E-state index in [-0.39, 0.29) is 10.9 Å². The van der Waals surface area contributed by atoms with E-state index in [0.717, 1.165) is 27.5 Å². The van der Waals surface area contributed by atoms with Gasteiger partial charge in [-0.2, -0.15) is 0 Å². The minimum absolute atomic E-state index is 0.0791. The molecule has 6 rings (SSSR count). The first kappa shape index (κ1) is 25.1. The predicted octanol–water partition coefficient (Wildman–Crippen LogP) is 7.58. The Morgan fingerprint density at radius 3 is 2.54 bits per heavy atom. The number of benzene rings is 4. The summed E-state index contributed by atoms with van der Waals surface area (Å²) in [6.45, 7) is 1.93. The molecular weight excluding hydrogens is 553 g/mol. The molecular formula is C29H19Cl2N5O2S. The second kappa shape index (κ2) is 10.1. The lowest BCUT2D eigenvalue weighted by molar-refractivity contribution is 0.0951. The minimum Gasteiger partial charge on any atom is -0.451 e. The molecule has 6 aromatic rings. The van der Waals surface area contributed by atoms with Crippen molar-refractivity contribution < 1.29 is 9.21 Å². The summed E-state index contributed by atoms with van der Waals surface area (Å²) in [6.07, 6.45) is 0. The van der Waals surface area contributed by atoms with Gasteiger partial charge in [-0.1, -0.05) is 59.6 Å². The largest absolute Gasteiger partial charge is 0.451 e. The smallest absolute Gasteiger partial charge is 0.293 e. The molecule has 4 aromatic carbocycles. The highest BCUT2D eigenvalue weighted by molar-refractivity contribution is 7.80. The van der Waals surface area contributed by atoms with Gasteiger partial charge in [0, 0.05) is 21.7 Å². The summed E-state index contributed by atoms with van der Waals surface area (Å²) in [7, 11) is 0. The summed E-state index contributed by atoms with van der Waals surface area (Å²) in [6, 6.07) is 26.1. The standard InChI is InChI=1S/C29H19Cl2N5O2S/c1-16-13-23-24(35-36(34-23)25-8-4-6-17-5-2-3-7-19(17)25)15-22(16)32-29(39)33-28(37)27-12-11-26(38-27)20-14-18(30)9-10-21(20)31/h2-15H,1H3,(H2,32,33,37,39). The molecule has 0 aliphatic carbocycles. The number of fused-ring (bicyclic) bond motifs is 2. The van der Waals surface area contributed by atoms with E-state index in [9.17, 15) is 4.79 Å². The molecule has 0 bridgehead atoms. The quantitative estimate of drug-likeness (QED) is 0.212. The number of carbonyl (C=O) groups excluding carboxylic acids is 1. The molecule has 0 unspecified atom stereocenters. The number of thiocarbonyl (C=S) groups is 1. The first-order chi connectivity index (χ1) is 18.9. The van der Waals surface area contributed by atoms with Crippen LogP contribution in [0.4, 0.5) is 5.69 Å². The van der Waals surface area contributed by atoms with Gasteiger partial charge in [-0.25, -0.2) is 0 Å². The molecule has 1 amide bonds. The second-order valence-corrected chi connectivity index (χ2v) is 10.1. The molecule has 39 heavy (non-hydrogen) atoms. The van der Waals surface area contributed by atoms with Crippen molar-refractivity contribution >= 4 is 73.9 Å². The second-order valence-electron chi connectivity index (χ2n) is 8.84. The number of rotatable bonds is 4. The van der Waals surface area contributed by atoms with Gasteiger partial charge in [-0.15, -0.1) is 15.0 Å². The van der Waals surface area contributed by atoms with Gasteiger partial charge in [-0.05, 0) is 78.6 Å². The molecule has 0 fully saturated rings. The number of aromatic nitrogens is 3.